The van der Waals surface area contributed by atoms with E-state index in [1.807, 2.05) is 25.3 Å². The molecule has 0 radical (unpaired) electrons. The van der Waals surface area contributed by atoms with Crippen LogP contribution in [0, 0.1) is 6.92 Å². The van der Waals surface area contributed by atoms with Crippen LogP contribution in [0.15, 0.2) is 36.8 Å². The molecule has 4 aromatic rings. The van der Waals surface area contributed by atoms with E-state index in [1.165, 1.54) is 18.5 Å². The van der Waals surface area contributed by atoms with Gasteiger partial charge in [-0.05, 0) is 37.5 Å². The minimum atomic E-state index is 0.575. The molecule has 0 amide bonds. The molecule has 27 heavy (non-hydrogen) atoms. The molecule has 4 N–H and O–H groups in total. The lowest BCUT2D eigenvalue weighted by molar-refractivity contribution is 0.965. The van der Waals surface area contributed by atoms with Gasteiger partial charge in [-0.15, -0.1) is 0 Å². The fourth-order valence-electron chi connectivity index (χ4n) is 3.05. The minimum absolute atomic E-state index is 0.575. The van der Waals surface area contributed by atoms with Gasteiger partial charge >= 0.3 is 0 Å². The van der Waals surface area contributed by atoms with Crippen LogP contribution >= 0.6 is 0 Å². The third-order valence-electron chi connectivity index (χ3n) is 4.77. The highest BCUT2D eigenvalue weighted by Gasteiger charge is 2.25. The first-order chi connectivity index (χ1) is 13.2. The van der Waals surface area contributed by atoms with Crippen LogP contribution in [-0.2, 0) is 6.54 Å². The van der Waals surface area contributed by atoms with Crippen LogP contribution in [-0.4, -0.2) is 30.1 Å². The first-order valence-corrected chi connectivity index (χ1v) is 9.06. The first kappa shape index (κ1) is 15.8. The standard InChI is InChI=1S/C19H20N8/c1-11-8-20-19(21-9-12-2-5-14-16(6-12)23-10-22-14)25-18(11)24-17-7-15(26-27-17)13-3-4-13/h2,5-8,10,13H,3-4,9H2,1H3,(H,22,23)(H3,20,21,24,25,26,27). The molecule has 8 heteroatoms. The van der Waals surface area contributed by atoms with E-state index in [9.17, 15) is 0 Å². The molecule has 1 saturated carbocycles. The van der Waals surface area contributed by atoms with Crippen molar-refractivity contribution in [2.45, 2.75) is 32.2 Å². The van der Waals surface area contributed by atoms with Crippen molar-refractivity contribution >= 4 is 28.6 Å². The number of nitrogens with one attached hydrogen (secondary N) is 4. The number of hydrogen-bond acceptors (Lipinski definition) is 6. The van der Waals surface area contributed by atoms with Crippen LogP contribution in [0.4, 0.5) is 17.6 Å². The number of aromatic amines is 2. The Morgan fingerprint density at radius 3 is 3.00 bits per heavy atom. The molecule has 3 aromatic heterocycles. The van der Waals surface area contributed by atoms with Crippen molar-refractivity contribution in [3.63, 3.8) is 0 Å². The lowest BCUT2D eigenvalue weighted by Crippen LogP contribution is -2.06. The number of anilines is 3. The molecule has 8 nitrogen and oxygen atoms in total. The smallest absolute Gasteiger partial charge is 0.224 e. The Bertz CT molecular complexity index is 1090. The van der Waals surface area contributed by atoms with Crippen molar-refractivity contribution in [3.8, 4) is 0 Å². The number of benzene rings is 1. The summed E-state index contributed by atoms with van der Waals surface area (Å²) in [6, 6.07) is 8.19. The molecule has 0 unspecified atom stereocenters. The largest absolute Gasteiger partial charge is 0.350 e. The van der Waals surface area contributed by atoms with Crippen molar-refractivity contribution in [1.29, 1.82) is 0 Å². The molecule has 3 heterocycles. The molecule has 1 fully saturated rings. The normalized spacial score (nSPS) is 13.8. The van der Waals surface area contributed by atoms with Crippen molar-refractivity contribution in [2.75, 3.05) is 10.6 Å². The van der Waals surface area contributed by atoms with Crippen molar-refractivity contribution in [2.24, 2.45) is 0 Å². The van der Waals surface area contributed by atoms with Gasteiger partial charge in [-0.25, -0.2) is 9.97 Å². The molecule has 0 bridgehead atoms. The minimum Gasteiger partial charge on any atom is -0.350 e. The second kappa shape index (κ2) is 6.39. The van der Waals surface area contributed by atoms with Gasteiger partial charge in [0.25, 0.3) is 0 Å². The van der Waals surface area contributed by atoms with Gasteiger partial charge in [-0.1, -0.05) is 6.07 Å². The number of nitrogens with zero attached hydrogens (tertiary/aromatic N) is 4. The molecule has 1 aliphatic carbocycles. The van der Waals surface area contributed by atoms with Gasteiger partial charge in [0.15, 0.2) is 5.82 Å². The Morgan fingerprint density at radius 2 is 2.11 bits per heavy atom. The van der Waals surface area contributed by atoms with Crippen molar-refractivity contribution < 1.29 is 0 Å². The highest BCUT2D eigenvalue weighted by Crippen LogP contribution is 2.39. The summed E-state index contributed by atoms with van der Waals surface area (Å²) < 4.78 is 0. The zero-order chi connectivity index (χ0) is 18.2. The molecule has 1 aliphatic rings. The van der Waals surface area contributed by atoms with Crippen LogP contribution in [0.5, 0.6) is 0 Å². The van der Waals surface area contributed by atoms with Gasteiger partial charge in [-0.3, -0.25) is 5.10 Å². The van der Waals surface area contributed by atoms with Crippen molar-refractivity contribution in [1.82, 2.24) is 30.1 Å². The highest BCUT2D eigenvalue weighted by atomic mass is 15.2. The summed E-state index contributed by atoms with van der Waals surface area (Å²) in [4.78, 5) is 16.3. The second-order valence-electron chi connectivity index (χ2n) is 6.94. The Hall–Kier alpha value is -3.42. The predicted octanol–water partition coefficient (Wildman–Crippen LogP) is 3.62. The fourth-order valence-corrected chi connectivity index (χ4v) is 3.05. The summed E-state index contributed by atoms with van der Waals surface area (Å²) in [6.07, 6.45) is 6.00. The monoisotopic (exact) mass is 360 g/mol. The first-order valence-electron chi connectivity index (χ1n) is 9.06. The second-order valence-corrected chi connectivity index (χ2v) is 6.94. The van der Waals surface area contributed by atoms with Crippen LogP contribution in [0.3, 0.4) is 0 Å². The summed E-state index contributed by atoms with van der Waals surface area (Å²) in [6.45, 7) is 2.61. The van der Waals surface area contributed by atoms with Crippen LogP contribution in [0.25, 0.3) is 11.0 Å². The third-order valence-corrected chi connectivity index (χ3v) is 4.77. The number of H-pyrrole nitrogens is 2. The van der Waals surface area contributed by atoms with Crippen LogP contribution in [0.1, 0.15) is 35.6 Å². The molecule has 136 valence electrons. The molecule has 0 atom stereocenters. The number of rotatable bonds is 6. The maximum Gasteiger partial charge on any atom is 0.224 e. The molecule has 5 rings (SSSR count). The molecular formula is C19H20N8. The number of fused-ring (bicyclic) bond motifs is 1. The molecule has 0 spiro atoms. The average molecular weight is 360 g/mol. The predicted molar refractivity (Wildman–Crippen MR) is 104 cm³/mol. The van der Waals surface area contributed by atoms with Gasteiger partial charge in [0, 0.05) is 36.0 Å². The maximum absolute atomic E-state index is 4.60. The Balaban J connectivity index is 1.30. The Kier molecular flexibility index (Phi) is 3.74. The van der Waals surface area contributed by atoms with Crippen LogP contribution in [0.2, 0.25) is 0 Å². The Morgan fingerprint density at radius 1 is 1.19 bits per heavy atom. The number of hydrogen-bond donors (Lipinski definition) is 4. The molecule has 0 saturated heterocycles. The van der Waals surface area contributed by atoms with E-state index in [0.717, 1.165) is 33.8 Å². The van der Waals surface area contributed by atoms with Gasteiger partial charge in [0.2, 0.25) is 5.95 Å². The van der Waals surface area contributed by atoms with E-state index >= 15 is 0 Å². The van der Waals surface area contributed by atoms with E-state index in [0.29, 0.717) is 18.4 Å². The van der Waals surface area contributed by atoms with Gasteiger partial charge in [-0.2, -0.15) is 10.1 Å². The topological polar surface area (TPSA) is 107 Å². The lowest BCUT2D eigenvalue weighted by atomic mass is 10.2. The van der Waals surface area contributed by atoms with Gasteiger partial charge in [0.05, 0.1) is 17.4 Å². The zero-order valence-electron chi connectivity index (χ0n) is 15.0. The van der Waals surface area contributed by atoms with E-state index in [2.05, 4.69) is 52.9 Å². The van der Waals surface area contributed by atoms with Gasteiger partial charge in [0.1, 0.15) is 5.82 Å². The number of aryl methyl sites for hydroxylation is 1. The Labute approximate surface area is 155 Å². The highest BCUT2D eigenvalue weighted by molar-refractivity contribution is 5.75. The van der Waals surface area contributed by atoms with E-state index < -0.39 is 0 Å². The quantitative estimate of drug-likeness (QED) is 0.418. The average Bonchev–Trinajstić information content (AvgIpc) is 3.24. The SMILES string of the molecule is Cc1cnc(NCc2ccc3nc[nH]c3c2)nc1Nc1cc(C2CC2)[nH]n1. The summed E-state index contributed by atoms with van der Waals surface area (Å²) >= 11 is 0. The van der Waals surface area contributed by atoms with Crippen LogP contribution < -0.4 is 10.6 Å². The van der Waals surface area contributed by atoms with E-state index in [1.54, 1.807) is 6.33 Å². The van der Waals surface area contributed by atoms with E-state index in [-0.39, 0.29) is 0 Å². The third kappa shape index (κ3) is 3.33. The molecule has 0 aliphatic heterocycles. The zero-order valence-corrected chi connectivity index (χ0v) is 15.0. The maximum atomic E-state index is 4.60. The summed E-state index contributed by atoms with van der Waals surface area (Å²) in [5, 5.41) is 14.0. The van der Waals surface area contributed by atoms with Gasteiger partial charge < -0.3 is 15.6 Å². The summed E-state index contributed by atoms with van der Waals surface area (Å²) in [5.74, 6) is 2.76. The van der Waals surface area contributed by atoms with Crippen molar-refractivity contribution in [3.05, 3.63) is 53.6 Å². The number of imidazole rings is 1. The number of aromatic nitrogens is 6. The summed E-state index contributed by atoms with van der Waals surface area (Å²) in [7, 11) is 0. The fraction of sp³-hybridized carbons (Fsp3) is 0.263. The lowest BCUT2D eigenvalue weighted by Gasteiger charge is -2.09. The molecule has 1 aromatic carbocycles. The summed E-state index contributed by atoms with van der Waals surface area (Å²) in [5.41, 5.74) is 5.27. The molecular weight excluding hydrogens is 340 g/mol. The van der Waals surface area contributed by atoms with E-state index in [4.69, 9.17) is 0 Å².